The average molecular weight is 579 g/mol. The lowest BCUT2D eigenvalue weighted by Gasteiger charge is -2.12. The third kappa shape index (κ3) is 5.98. The molecular formula is C24H16Br2ClFN2O2. The minimum atomic E-state index is -0.540. The molecule has 162 valence electrons. The summed E-state index contributed by atoms with van der Waals surface area (Å²) in [6, 6.07) is 16.6. The van der Waals surface area contributed by atoms with Crippen molar-refractivity contribution in [2.45, 2.75) is 13.5 Å². The molecule has 32 heavy (non-hydrogen) atoms. The van der Waals surface area contributed by atoms with E-state index in [4.69, 9.17) is 16.3 Å². The van der Waals surface area contributed by atoms with Crippen molar-refractivity contribution in [1.29, 1.82) is 5.26 Å². The molecule has 0 fully saturated rings. The van der Waals surface area contributed by atoms with Crippen molar-refractivity contribution in [3.8, 4) is 11.8 Å². The van der Waals surface area contributed by atoms with Gasteiger partial charge in [0.05, 0.1) is 8.95 Å². The molecule has 4 nitrogen and oxygen atoms in total. The first-order chi connectivity index (χ1) is 15.3. The molecule has 0 bridgehead atoms. The molecule has 3 rings (SSSR count). The highest BCUT2D eigenvalue weighted by Gasteiger charge is 2.14. The molecule has 0 saturated heterocycles. The SMILES string of the molecule is Cc1c(Cl)cccc1NC(=O)/C(C#N)=C\c1cc(Br)c(OCc2ccc(F)cc2)c(Br)c1. The fourth-order valence-electron chi connectivity index (χ4n) is 2.78. The fraction of sp³-hybridized carbons (Fsp3) is 0.0833. The Hall–Kier alpha value is -2.66. The van der Waals surface area contributed by atoms with Gasteiger partial charge in [0.25, 0.3) is 5.91 Å². The first kappa shape index (κ1) is 24.0. The topological polar surface area (TPSA) is 62.1 Å². The normalized spacial score (nSPS) is 11.1. The van der Waals surface area contributed by atoms with Crippen molar-refractivity contribution in [3.63, 3.8) is 0 Å². The molecule has 0 aromatic heterocycles. The summed E-state index contributed by atoms with van der Waals surface area (Å²) in [5.41, 5.74) is 2.62. The number of carbonyl (C=O) groups is 1. The van der Waals surface area contributed by atoms with Crippen LogP contribution in [0.1, 0.15) is 16.7 Å². The lowest BCUT2D eigenvalue weighted by molar-refractivity contribution is -0.112. The van der Waals surface area contributed by atoms with Gasteiger partial charge >= 0.3 is 0 Å². The summed E-state index contributed by atoms with van der Waals surface area (Å²) < 4.78 is 20.1. The average Bonchev–Trinajstić information content (AvgIpc) is 2.76. The van der Waals surface area contributed by atoms with Crippen LogP contribution in [0.2, 0.25) is 5.02 Å². The highest BCUT2D eigenvalue weighted by atomic mass is 79.9. The molecule has 1 N–H and O–H groups in total. The molecule has 0 aliphatic carbocycles. The van der Waals surface area contributed by atoms with E-state index in [0.29, 0.717) is 36.5 Å². The molecule has 1 amide bonds. The van der Waals surface area contributed by atoms with E-state index in [2.05, 4.69) is 37.2 Å². The quantitative estimate of drug-likeness (QED) is 0.244. The second-order valence-corrected chi connectivity index (χ2v) is 8.88. The maximum Gasteiger partial charge on any atom is 0.266 e. The molecule has 0 spiro atoms. The van der Waals surface area contributed by atoms with Gasteiger partial charge in [0.15, 0.2) is 0 Å². The molecule has 0 heterocycles. The minimum absolute atomic E-state index is 0.0665. The van der Waals surface area contributed by atoms with E-state index in [1.54, 1.807) is 49.4 Å². The van der Waals surface area contributed by atoms with E-state index in [1.807, 2.05) is 6.07 Å². The van der Waals surface area contributed by atoms with Crippen molar-refractivity contribution in [1.82, 2.24) is 0 Å². The number of ether oxygens (including phenoxy) is 1. The van der Waals surface area contributed by atoms with Gasteiger partial charge in [0.2, 0.25) is 0 Å². The first-order valence-corrected chi connectivity index (χ1v) is 11.3. The Morgan fingerprint density at radius 2 is 1.84 bits per heavy atom. The van der Waals surface area contributed by atoms with E-state index >= 15 is 0 Å². The van der Waals surface area contributed by atoms with Crippen LogP contribution in [0.15, 0.2) is 69.1 Å². The monoisotopic (exact) mass is 576 g/mol. The van der Waals surface area contributed by atoms with Gasteiger partial charge in [-0.2, -0.15) is 5.26 Å². The third-order valence-electron chi connectivity index (χ3n) is 4.51. The fourth-order valence-corrected chi connectivity index (χ4v) is 4.41. The largest absolute Gasteiger partial charge is 0.487 e. The minimum Gasteiger partial charge on any atom is -0.487 e. The van der Waals surface area contributed by atoms with Crippen LogP contribution in [0, 0.1) is 24.1 Å². The van der Waals surface area contributed by atoms with Crippen LogP contribution >= 0.6 is 43.5 Å². The number of hydrogen-bond acceptors (Lipinski definition) is 3. The predicted octanol–water partition coefficient (Wildman–Crippen LogP) is 7.44. The Bertz CT molecular complexity index is 1210. The Labute approximate surface area is 206 Å². The molecule has 3 aromatic carbocycles. The number of nitriles is 1. The summed E-state index contributed by atoms with van der Waals surface area (Å²) in [7, 11) is 0. The van der Waals surface area contributed by atoms with E-state index in [9.17, 15) is 14.4 Å². The van der Waals surface area contributed by atoms with Gasteiger partial charge in [-0.15, -0.1) is 0 Å². The number of anilines is 1. The van der Waals surface area contributed by atoms with Gasteiger partial charge in [-0.25, -0.2) is 4.39 Å². The van der Waals surface area contributed by atoms with Crippen LogP contribution in [-0.2, 0) is 11.4 Å². The molecule has 0 radical (unpaired) electrons. The number of rotatable bonds is 6. The van der Waals surface area contributed by atoms with Gasteiger partial charge in [0, 0.05) is 10.7 Å². The van der Waals surface area contributed by atoms with E-state index in [-0.39, 0.29) is 18.0 Å². The Morgan fingerprint density at radius 1 is 1.19 bits per heavy atom. The molecule has 0 aliphatic rings. The maximum absolute atomic E-state index is 13.1. The highest BCUT2D eigenvalue weighted by molar-refractivity contribution is 9.11. The van der Waals surface area contributed by atoms with Crippen molar-refractivity contribution in [2.24, 2.45) is 0 Å². The number of halogens is 4. The first-order valence-electron chi connectivity index (χ1n) is 9.33. The molecule has 0 unspecified atom stereocenters. The summed E-state index contributed by atoms with van der Waals surface area (Å²) in [4.78, 5) is 12.6. The summed E-state index contributed by atoms with van der Waals surface area (Å²) in [6.07, 6.45) is 1.48. The van der Waals surface area contributed by atoms with E-state index < -0.39 is 5.91 Å². The highest BCUT2D eigenvalue weighted by Crippen LogP contribution is 2.36. The molecule has 0 atom stereocenters. The number of nitrogens with one attached hydrogen (secondary N) is 1. The second kappa shape index (κ2) is 10.8. The standard InChI is InChI=1S/C24H16Br2ClFN2O2/c1-14-21(27)3-2-4-22(14)30-24(31)17(12-29)9-16-10-19(25)23(20(26)11-16)32-13-15-5-7-18(28)8-6-15/h2-11H,13H2,1H3,(H,30,31)/b17-9-. The number of carbonyl (C=O) groups excluding carboxylic acids is 1. The zero-order valence-corrected chi connectivity index (χ0v) is 20.7. The van der Waals surface area contributed by atoms with Crippen molar-refractivity contribution in [2.75, 3.05) is 5.32 Å². The zero-order chi connectivity index (χ0) is 23.3. The summed E-state index contributed by atoms with van der Waals surface area (Å²) >= 11 is 13.0. The van der Waals surface area contributed by atoms with Gasteiger partial charge in [0.1, 0.15) is 29.8 Å². The lowest BCUT2D eigenvalue weighted by Crippen LogP contribution is -2.14. The van der Waals surface area contributed by atoms with E-state index in [0.717, 1.165) is 5.56 Å². The number of benzene rings is 3. The molecule has 8 heteroatoms. The number of amides is 1. The van der Waals surface area contributed by atoms with Crippen molar-refractivity contribution in [3.05, 3.63) is 96.6 Å². The molecule has 3 aromatic rings. The Morgan fingerprint density at radius 3 is 2.47 bits per heavy atom. The molecule has 0 saturated carbocycles. The third-order valence-corrected chi connectivity index (χ3v) is 6.10. The van der Waals surface area contributed by atoms with Crippen LogP contribution < -0.4 is 10.1 Å². The smallest absolute Gasteiger partial charge is 0.266 e. The Balaban J connectivity index is 1.78. The van der Waals surface area contributed by atoms with Gasteiger partial charge in [-0.05, 0) is 97.9 Å². The molecule has 0 aliphatic heterocycles. The second-order valence-electron chi connectivity index (χ2n) is 6.77. The summed E-state index contributed by atoms with van der Waals surface area (Å²) in [5.74, 6) is -0.305. The van der Waals surface area contributed by atoms with Gasteiger partial charge < -0.3 is 10.1 Å². The summed E-state index contributed by atoms with van der Waals surface area (Å²) in [6.45, 7) is 2.03. The van der Waals surface area contributed by atoms with Crippen LogP contribution in [0.5, 0.6) is 5.75 Å². The van der Waals surface area contributed by atoms with Crippen LogP contribution in [0.25, 0.3) is 6.08 Å². The lowest BCUT2D eigenvalue weighted by atomic mass is 10.1. The zero-order valence-electron chi connectivity index (χ0n) is 16.8. The van der Waals surface area contributed by atoms with Crippen molar-refractivity contribution < 1.29 is 13.9 Å². The number of hydrogen-bond donors (Lipinski definition) is 1. The van der Waals surface area contributed by atoms with E-state index in [1.165, 1.54) is 18.2 Å². The molecular weight excluding hydrogens is 563 g/mol. The van der Waals surface area contributed by atoms with Crippen LogP contribution in [0.3, 0.4) is 0 Å². The van der Waals surface area contributed by atoms with Crippen LogP contribution in [-0.4, -0.2) is 5.91 Å². The maximum atomic E-state index is 13.1. The van der Waals surface area contributed by atoms with Gasteiger partial charge in [-0.3, -0.25) is 4.79 Å². The van der Waals surface area contributed by atoms with Crippen LogP contribution in [0.4, 0.5) is 10.1 Å². The van der Waals surface area contributed by atoms with Gasteiger partial charge in [-0.1, -0.05) is 29.8 Å². The number of nitrogens with zero attached hydrogens (tertiary/aromatic N) is 1. The Kier molecular flexibility index (Phi) is 8.08. The predicted molar refractivity (Wildman–Crippen MR) is 131 cm³/mol. The van der Waals surface area contributed by atoms with Crippen molar-refractivity contribution >= 4 is 61.1 Å². The summed E-state index contributed by atoms with van der Waals surface area (Å²) in [5, 5.41) is 12.7.